The Morgan fingerprint density at radius 2 is 1.84 bits per heavy atom. The molecule has 2 nitrogen and oxygen atoms in total. The number of benzene rings is 1. The van der Waals surface area contributed by atoms with E-state index in [1.807, 2.05) is 12.1 Å². The second-order valence-corrected chi connectivity index (χ2v) is 5.67. The van der Waals surface area contributed by atoms with Gasteiger partial charge in [0, 0.05) is 11.6 Å². The van der Waals surface area contributed by atoms with Gasteiger partial charge in [-0.05, 0) is 24.4 Å². The Morgan fingerprint density at radius 1 is 1.21 bits per heavy atom. The van der Waals surface area contributed by atoms with Gasteiger partial charge in [0.25, 0.3) is 0 Å². The molecule has 1 rings (SSSR count). The number of alkyl halides is 2. The number of ether oxygens (including phenoxy) is 1. The van der Waals surface area contributed by atoms with Crippen LogP contribution in [0.1, 0.15) is 45.7 Å². The van der Waals surface area contributed by atoms with E-state index < -0.39 is 6.61 Å². The molecule has 0 aromatic heterocycles. The summed E-state index contributed by atoms with van der Waals surface area (Å²) >= 11 is 0. The summed E-state index contributed by atoms with van der Waals surface area (Å²) in [6.45, 7) is 6.37. The second-order valence-electron chi connectivity index (χ2n) is 5.67. The lowest BCUT2D eigenvalue weighted by Crippen LogP contribution is -2.33. The summed E-state index contributed by atoms with van der Waals surface area (Å²) in [5, 5.41) is 3.41. The first-order valence-corrected chi connectivity index (χ1v) is 6.63. The van der Waals surface area contributed by atoms with Gasteiger partial charge in [-0.25, -0.2) is 0 Å². The smallest absolute Gasteiger partial charge is 0.387 e. The molecule has 1 aromatic carbocycles. The van der Waals surface area contributed by atoms with E-state index in [-0.39, 0.29) is 17.2 Å². The van der Waals surface area contributed by atoms with Crippen LogP contribution < -0.4 is 10.1 Å². The first kappa shape index (κ1) is 15.9. The van der Waals surface area contributed by atoms with Crippen molar-refractivity contribution in [3.8, 4) is 5.75 Å². The lowest BCUT2D eigenvalue weighted by molar-refractivity contribution is -0.0511. The maximum atomic E-state index is 12.5. The van der Waals surface area contributed by atoms with E-state index in [2.05, 4.69) is 37.7 Å². The van der Waals surface area contributed by atoms with Crippen LogP contribution in [-0.2, 0) is 0 Å². The zero-order valence-corrected chi connectivity index (χ0v) is 12.0. The third-order valence-electron chi connectivity index (χ3n) is 2.91. The highest BCUT2D eigenvalue weighted by Gasteiger charge is 2.28. The molecule has 1 N–H and O–H groups in total. The predicted octanol–water partition coefficient (Wildman–Crippen LogP) is 4.37. The molecule has 0 aliphatic heterocycles. The molecular weight excluding hydrogens is 248 g/mol. The minimum absolute atomic E-state index is 0.0256. The fourth-order valence-electron chi connectivity index (χ4n) is 2.09. The van der Waals surface area contributed by atoms with E-state index in [1.165, 1.54) is 0 Å². The van der Waals surface area contributed by atoms with Gasteiger partial charge in [-0.1, -0.05) is 45.9 Å². The van der Waals surface area contributed by atoms with Crippen LogP contribution in [0, 0.1) is 5.41 Å². The van der Waals surface area contributed by atoms with Gasteiger partial charge in [0.15, 0.2) is 0 Å². The van der Waals surface area contributed by atoms with Crippen molar-refractivity contribution in [2.24, 2.45) is 5.41 Å². The molecule has 0 aliphatic carbocycles. The van der Waals surface area contributed by atoms with Gasteiger partial charge in [0.1, 0.15) is 5.75 Å². The zero-order valence-electron chi connectivity index (χ0n) is 12.0. The van der Waals surface area contributed by atoms with E-state index in [9.17, 15) is 8.78 Å². The van der Waals surface area contributed by atoms with Gasteiger partial charge in [-0.2, -0.15) is 8.78 Å². The first-order chi connectivity index (χ1) is 8.86. The van der Waals surface area contributed by atoms with Crippen LogP contribution in [0.5, 0.6) is 5.75 Å². The summed E-state index contributed by atoms with van der Waals surface area (Å²) in [6, 6.07) is 6.97. The quantitative estimate of drug-likeness (QED) is 0.829. The van der Waals surface area contributed by atoms with Gasteiger partial charge in [0.2, 0.25) is 0 Å². The Balaban J connectivity index is 3.07. The van der Waals surface area contributed by atoms with Crippen molar-refractivity contribution in [1.82, 2.24) is 5.32 Å². The average molecular weight is 271 g/mol. The maximum Gasteiger partial charge on any atom is 0.387 e. The molecule has 4 heteroatoms. The summed E-state index contributed by atoms with van der Waals surface area (Å²) < 4.78 is 29.6. The number of hydrogen-bond donors (Lipinski definition) is 1. The van der Waals surface area contributed by atoms with Gasteiger partial charge < -0.3 is 10.1 Å². The Hall–Kier alpha value is -1.16. The Bertz CT molecular complexity index is 388. The number of hydrogen-bond acceptors (Lipinski definition) is 2. The third kappa shape index (κ3) is 4.78. The molecule has 108 valence electrons. The van der Waals surface area contributed by atoms with Crippen molar-refractivity contribution >= 4 is 0 Å². The molecule has 0 heterocycles. The normalized spacial score (nSPS) is 13.6. The molecule has 19 heavy (non-hydrogen) atoms. The Labute approximate surface area is 114 Å². The zero-order chi connectivity index (χ0) is 14.5. The second kappa shape index (κ2) is 6.85. The molecule has 0 saturated heterocycles. The van der Waals surface area contributed by atoms with E-state index in [0.29, 0.717) is 0 Å². The molecule has 1 atom stereocenters. The molecule has 0 spiro atoms. The molecule has 1 aromatic rings. The summed E-state index contributed by atoms with van der Waals surface area (Å²) in [5.41, 5.74) is 0.695. The molecule has 0 amide bonds. The number of nitrogens with one attached hydrogen (secondary N) is 1. The van der Waals surface area contributed by atoms with E-state index >= 15 is 0 Å². The fourth-order valence-corrected chi connectivity index (χ4v) is 2.09. The Morgan fingerprint density at radius 3 is 2.37 bits per heavy atom. The van der Waals surface area contributed by atoms with Crippen molar-refractivity contribution in [3.63, 3.8) is 0 Å². The van der Waals surface area contributed by atoms with Crippen molar-refractivity contribution in [2.45, 2.75) is 46.8 Å². The SMILES string of the molecule is CCCNC(c1ccccc1OC(F)F)C(C)(C)C. The molecule has 0 aliphatic rings. The number of para-hydroxylation sites is 1. The van der Waals surface area contributed by atoms with Crippen LogP contribution in [0.3, 0.4) is 0 Å². The van der Waals surface area contributed by atoms with Crippen LogP contribution in [-0.4, -0.2) is 13.2 Å². The molecule has 1 unspecified atom stereocenters. The standard InChI is InChI=1S/C15H23F2NO/c1-5-10-18-13(15(2,3)4)11-8-6-7-9-12(11)19-14(16)17/h6-9,13-14,18H,5,10H2,1-4H3. The molecule has 0 fully saturated rings. The van der Waals surface area contributed by atoms with Gasteiger partial charge in [0.05, 0.1) is 0 Å². The van der Waals surface area contributed by atoms with Gasteiger partial charge in [-0.15, -0.1) is 0 Å². The third-order valence-corrected chi connectivity index (χ3v) is 2.91. The molecule has 0 saturated carbocycles. The maximum absolute atomic E-state index is 12.5. The van der Waals surface area contributed by atoms with Crippen LogP contribution >= 0.6 is 0 Å². The monoisotopic (exact) mass is 271 g/mol. The number of halogens is 2. The average Bonchev–Trinajstić information content (AvgIpc) is 2.29. The highest BCUT2D eigenvalue weighted by atomic mass is 19.3. The summed E-state index contributed by atoms with van der Waals surface area (Å²) in [7, 11) is 0. The van der Waals surface area contributed by atoms with E-state index in [0.717, 1.165) is 18.5 Å². The summed E-state index contributed by atoms with van der Waals surface area (Å²) in [4.78, 5) is 0. The lowest BCUT2D eigenvalue weighted by Gasteiger charge is -2.33. The van der Waals surface area contributed by atoms with Gasteiger partial charge in [-0.3, -0.25) is 0 Å². The molecular formula is C15H23F2NO. The van der Waals surface area contributed by atoms with Gasteiger partial charge >= 0.3 is 6.61 Å². The Kier molecular flexibility index (Phi) is 5.73. The van der Waals surface area contributed by atoms with E-state index in [1.54, 1.807) is 12.1 Å². The first-order valence-electron chi connectivity index (χ1n) is 6.63. The summed E-state index contributed by atoms with van der Waals surface area (Å²) in [6.07, 6.45) is 0.991. The van der Waals surface area contributed by atoms with Crippen LogP contribution in [0.4, 0.5) is 8.78 Å². The highest BCUT2D eigenvalue weighted by molar-refractivity contribution is 5.37. The minimum atomic E-state index is -2.80. The van der Waals surface area contributed by atoms with Crippen molar-refractivity contribution < 1.29 is 13.5 Å². The highest BCUT2D eigenvalue weighted by Crippen LogP contribution is 2.37. The van der Waals surface area contributed by atoms with Crippen LogP contribution in [0.25, 0.3) is 0 Å². The number of rotatable bonds is 6. The molecule has 0 radical (unpaired) electrons. The van der Waals surface area contributed by atoms with Crippen molar-refractivity contribution in [3.05, 3.63) is 29.8 Å². The predicted molar refractivity (Wildman–Crippen MR) is 73.6 cm³/mol. The largest absolute Gasteiger partial charge is 0.434 e. The molecule has 0 bridgehead atoms. The van der Waals surface area contributed by atoms with Crippen molar-refractivity contribution in [2.75, 3.05) is 6.54 Å². The fraction of sp³-hybridized carbons (Fsp3) is 0.600. The topological polar surface area (TPSA) is 21.3 Å². The van der Waals surface area contributed by atoms with E-state index in [4.69, 9.17) is 0 Å². The lowest BCUT2D eigenvalue weighted by atomic mass is 9.82. The van der Waals surface area contributed by atoms with Crippen LogP contribution in [0.2, 0.25) is 0 Å². The minimum Gasteiger partial charge on any atom is -0.434 e. The summed E-state index contributed by atoms with van der Waals surface area (Å²) in [5.74, 6) is 0.251. The van der Waals surface area contributed by atoms with Crippen LogP contribution in [0.15, 0.2) is 24.3 Å². The van der Waals surface area contributed by atoms with Crippen molar-refractivity contribution in [1.29, 1.82) is 0 Å².